The van der Waals surface area contributed by atoms with E-state index >= 15 is 0 Å². The van der Waals surface area contributed by atoms with Crippen LogP contribution in [0.5, 0.6) is 0 Å². The monoisotopic (exact) mass is 424 g/mol. The summed E-state index contributed by atoms with van der Waals surface area (Å²) in [5, 5.41) is 14.9. The van der Waals surface area contributed by atoms with Crippen LogP contribution in [-0.4, -0.2) is 37.8 Å². The van der Waals surface area contributed by atoms with Crippen LogP contribution in [0.2, 0.25) is 5.02 Å². The lowest BCUT2D eigenvalue weighted by molar-refractivity contribution is -0.384. The number of rotatable bonds is 7. The van der Waals surface area contributed by atoms with Gasteiger partial charge in [-0.1, -0.05) is 17.7 Å². The predicted molar refractivity (Wildman–Crippen MR) is 107 cm³/mol. The summed E-state index contributed by atoms with van der Waals surface area (Å²) >= 11 is 5.89. The third kappa shape index (κ3) is 5.76. The van der Waals surface area contributed by atoms with Gasteiger partial charge in [0, 0.05) is 17.2 Å². The van der Waals surface area contributed by atoms with Crippen LogP contribution in [0.4, 0.5) is 11.4 Å². The van der Waals surface area contributed by atoms with E-state index in [9.17, 15) is 23.3 Å². The predicted octanol–water partition coefficient (Wildman–Crippen LogP) is 2.55. The zero-order valence-corrected chi connectivity index (χ0v) is 16.6. The lowest BCUT2D eigenvalue weighted by atomic mass is 10.1. The first-order valence-corrected chi connectivity index (χ1v) is 10.1. The molecule has 2 aromatic carbocycles. The second-order valence-electron chi connectivity index (χ2n) is 5.79. The van der Waals surface area contributed by atoms with Gasteiger partial charge in [-0.3, -0.25) is 19.2 Å². The van der Waals surface area contributed by atoms with Crippen molar-refractivity contribution in [3.63, 3.8) is 0 Å². The molecule has 9 nitrogen and oxygen atoms in total. The fourth-order valence-electron chi connectivity index (χ4n) is 2.23. The van der Waals surface area contributed by atoms with Crippen LogP contribution in [-0.2, 0) is 14.8 Å². The molecule has 0 spiro atoms. The van der Waals surface area contributed by atoms with Crippen molar-refractivity contribution in [3.05, 3.63) is 69.2 Å². The molecule has 0 atom stereocenters. The molecule has 11 heteroatoms. The van der Waals surface area contributed by atoms with Crippen LogP contribution in [0.1, 0.15) is 12.5 Å². The zero-order chi connectivity index (χ0) is 20.9. The number of nitrogens with zero attached hydrogens (tertiary/aromatic N) is 3. The van der Waals surface area contributed by atoms with Crippen LogP contribution < -0.4 is 9.73 Å². The highest BCUT2D eigenvalue weighted by molar-refractivity contribution is 7.92. The minimum Gasteiger partial charge on any atom is -0.271 e. The summed E-state index contributed by atoms with van der Waals surface area (Å²) in [7, 11) is -3.73. The molecule has 0 aliphatic rings. The van der Waals surface area contributed by atoms with Gasteiger partial charge in [-0.15, -0.1) is 0 Å². The number of non-ortho nitro benzene ring substituents is 1. The molecule has 0 aromatic heterocycles. The Morgan fingerprint density at radius 1 is 1.25 bits per heavy atom. The van der Waals surface area contributed by atoms with Crippen molar-refractivity contribution in [2.24, 2.45) is 5.10 Å². The van der Waals surface area contributed by atoms with Crippen LogP contribution in [0, 0.1) is 10.1 Å². The molecule has 0 unspecified atom stereocenters. The number of hydrogen-bond donors (Lipinski definition) is 1. The Bertz CT molecular complexity index is 1020. The third-order valence-corrected chi connectivity index (χ3v) is 5.00. The van der Waals surface area contributed by atoms with Crippen molar-refractivity contribution in [1.29, 1.82) is 0 Å². The maximum Gasteiger partial charge on any atom is 0.269 e. The number of benzene rings is 2. The number of anilines is 1. The third-order valence-electron chi connectivity index (χ3n) is 3.63. The van der Waals surface area contributed by atoms with Crippen molar-refractivity contribution in [2.45, 2.75) is 6.92 Å². The first-order chi connectivity index (χ1) is 13.1. The van der Waals surface area contributed by atoms with E-state index in [2.05, 4.69) is 10.5 Å². The van der Waals surface area contributed by atoms with Gasteiger partial charge < -0.3 is 0 Å². The van der Waals surface area contributed by atoms with Crippen molar-refractivity contribution >= 4 is 44.6 Å². The summed E-state index contributed by atoms with van der Waals surface area (Å²) in [5.41, 5.74) is 3.44. The molecule has 0 saturated carbocycles. The number of nitro benzene ring substituents is 1. The summed E-state index contributed by atoms with van der Waals surface area (Å²) in [5.74, 6) is -0.660. The zero-order valence-electron chi connectivity index (χ0n) is 15.0. The van der Waals surface area contributed by atoms with Crippen LogP contribution in [0.15, 0.2) is 53.6 Å². The number of hydrazone groups is 1. The van der Waals surface area contributed by atoms with Crippen LogP contribution in [0.3, 0.4) is 0 Å². The van der Waals surface area contributed by atoms with E-state index in [1.165, 1.54) is 36.4 Å². The summed E-state index contributed by atoms with van der Waals surface area (Å²) in [4.78, 5) is 22.3. The smallest absolute Gasteiger partial charge is 0.269 e. The summed E-state index contributed by atoms with van der Waals surface area (Å²) < 4.78 is 25.0. The van der Waals surface area contributed by atoms with E-state index in [1.54, 1.807) is 19.1 Å². The Balaban J connectivity index is 2.12. The van der Waals surface area contributed by atoms with Crippen molar-refractivity contribution in [1.82, 2.24) is 5.43 Å². The lowest BCUT2D eigenvalue weighted by Crippen LogP contribution is -2.39. The van der Waals surface area contributed by atoms with Crippen molar-refractivity contribution < 1.29 is 18.1 Å². The Hall–Kier alpha value is -2.98. The first kappa shape index (κ1) is 21.3. The number of carbonyl (C=O) groups is 1. The van der Waals surface area contributed by atoms with Crippen molar-refractivity contribution in [2.75, 3.05) is 17.1 Å². The number of hydrogen-bond acceptors (Lipinski definition) is 6. The second kappa shape index (κ2) is 8.81. The molecule has 0 saturated heterocycles. The van der Waals surface area contributed by atoms with Gasteiger partial charge in [0.2, 0.25) is 10.0 Å². The second-order valence-corrected chi connectivity index (χ2v) is 8.13. The summed E-state index contributed by atoms with van der Waals surface area (Å²) in [6.45, 7) is 1.11. The molecule has 0 aliphatic carbocycles. The van der Waals surface area contributed by atoms with Gasteiger partial charge in [-0.2, -0.15) is 5.10 Å². The quantitative estimate of drug-likeness (QED) is 0.415. The maximum absolute atomic E-state index is 12.2. The van der Waals surface area contributed by atoms with E-state index in [0.29, 0.717) is 16.3 Å². The molecule has 148 valence electrons. The SMILES string of the molecule is C/C(=N/NC(=O)CN(c1cccc(Cl)c1)S(C)(=O)=O)c1ccc([N+](=O)[O-])cc1. The Morgan fingerprint density at radius 3 is 2.43 bits per heavy atom. The lowest BCUT2D eigenvalue weighted by Gasteiger charge is -2.21. The number of amides is 1. The standard InChI is InChI=1S/C17H17ClN4O5S/c1-12(13-6-8-15(9-7-13)22(24)25)19-20-17(23)11-21(28(2,26)27)16-5-3-4-14(18)10-16/h3-10H,11H2,1-2H3,(H,20,23)/b19-12-. The number of nitrogens with one attached hydrogen (secondary N) is 1. The highest BCUT2D eigenvalue weighted by Crippen LogP contribution is 2.21. The average molecular weight is 425 g/mol. The van der Waals surface area contributed by atoms with E-state index in [4.69, 9.17) is 11.6 Å². The molecular formula is C17H17ClN4O5S. The molecule has 28 heavy (non-hydrogen) atoms. The average Bonchev–Trinajstić information content (AvgIpc) is 2.63. The number of carbonyl (C=O) groups excluding carboxylic acids is 1. The molecule has 2 aromatic rings. The molecule has 0 radical (unpaired) electrons. The highest BCUT2D eigenvalue weighted by atomic mass is 35.5. The van der Waals surface area contributed by atoms with Gasteiger partial charge in [0.25, 0.3) is 11.6 Å². The number of halogens is 1. The molecule has 0 aliphatic heterocycles. The molecule has 1 N–H and O–H groups in total. The summed E-state index contributed by atoms with van der Waals surface area (Å²) in [6.07, 6.45) is 0.979. The normalized spacial score (nSPS) is 11.8. The van der Waals surface area contributed by atoms with Crippen LogP contribution in [0.25, 0.3) is 0 Å². The molecule has 0 fully saturated rings. The Labute approximate surface area is 166 Å². The fourth-order valence-corrected chi connectivity index (χ4v) is 3.26. The molecule has 2 rings (SSSR count). The maximum atomic E-state index is 12.2. The Morgan fingerprint density at radius 2 is 1.89 bits per heavy atom. The number of nitro groups is 1. The molecule has 0 heterocycles. The van der Waals surface area contributed by atoms with Gasteiger partial charge in [0.05, 0.1) is 22.6 Å². The van der Waals surface area contributed by atoms with Crippen molar-refractivity contribution in [3.8, 4) is 0 Å². The van der Waals surface area contributed by atoms with Gasteiger partial charge in [0.1, 0.15) is 6.54 Å². The fraction of sp³-hybridized carbons (Fsp3) is 0.176. The van der Waals surface area contributed by atoms with E-state index in [-0.39, 0.29) is 11.4 Å². The molecule has 1 amide bonds. The van der Waals surface area contributed by atoms with Gasteiger partial charge in [-0.05, 0) is 42.8 Å². The van der Waals surface area contributed by atoms with Gasteiger partial charge in [0.15, 0.2) is 0 Å². The summed E-state index contributed by atoms with van der Waals surface area (Å²) in [6, 6.07) is 11.7. The highest BCUT2D eigenvalue weighted by Gasteiger charge is 2.21. The topological polar surface area (TPSA) is 122 Å². The van der Waals surface area contributed by atoms with Crippen LogP contribution >= 0.6 is 11.6 Å². The first-order valence-electron chi connectivity index (χ1n) is 7.89. The molecule has 0 bridgehead atoms. The number of sulfonamides is 1. The van der Waals surface area contributed by atoms with Gasteiger partial charge >= 0.3 is 0 Å². The minimum atomic E-state index is -3.73. The van der Waals surface area contributed by atoms with E-state index in [0.717, 1.165) is 10.6 Å². The van der Waals surface area contributed by atoms with E-state index in [1.807, 2.05) is 0 Å². The van der Waals surface area contributed by atoms with E-state index < -0.39 is 27.4 Å². The molecular weight excluding hydrogens is 408 g/mol. The van der Waals surface area contributed by atoms with Gasteiger partial charge in [-0.25, -0.2) is 13.8 Å². The Kier molecular flexibility index (Phi) is 6.71. The minimum absolute atomic E-state index is 0.0640. The largest absolute Gasteiger partial charge is 0.271 e.